The highest BCUT2D eigenvalue weighted by atomic mass is 16.5. The van der Waals surface area contributed by atoms with Crippen LogP contribution in [0.2, 0.25) is 0 Å². The number of ether oxygens (including phenoxy) is 1. The third-order valence-electron chi connectivity index (χ3n) is 6.97. The Morgan fingerprint density at radius 1 is 1.00 bits per heavy atom. The van der Waals surface area contributed by atoms with Gasteiger partial charge in [0.15, 0.2) is 0 Å². The van der Waals surface area contributed by atoms with E-state index in [9.17, 15) is 4.79 Å². The third-order valence-corrected chi connectivity index (χ3v) is 6.97. The van der Waals surface area contributed by atoms with Crippen LogP contribution in [0.3, 0.4) is 0 Å². The van der Waals surface area contributed by atoms with Crippen LogP contribution < -0.4 is 9.64 Å². The first-order valence-electron chi connectivity index (χ1n) is 12.6. The van der Waals surface area contributed by atoms with E-state index < -0.39 is 0 Å². The van der Waals surface area contributed by atoms with Crippen molar-refractivity contribution in [1.29, 1.82) is 0 Å². The molecule has 1 aliphatic heterocycles. The number of carbonyl (C=O) groups excluding carboxylic acids is 1. The van der Waals surface area contributed by atoms with Crippen molar-refractivity contribution in [3.63, 3.8) is 0 Å². The van der Waals surface area contributed by atoms with Crippen LogP contribution >= 0.6 is 0 Å². The molecule has 5 rings (SSSR count). The topological polar surface area (TPSA) is 47.4 Å². The number of nitrogens with zero attached hydrogens (tertiary/aromatic N) is 3. The number of benzene rings is 3. The maximum Gasteiger partial charge on any atom is 0.227 e. The zero-order valence-electron chi connectivity index (χ0n) is 20.8. The molecule has 35 heavy (non-hydrogen) atoms. The largest absolute Gasteiger partial charge is 0.492 e. The summed E-state index contributed by atoms with van der Waals surface area (Å²) in [5.41, 5.74) is 5.58. The Morgan fingerprint density at radius 3 is 2.51 bits per heavy atom. The summed E-state index contributed by atoms with van der Waals surface area (Å²) in [5, 5.41) is 0. The second kappa shape index (κ2) is 9.95. The maximum absolute atomic E-state index is 13.1. The van der Waals surface area contributed by atoms with E-state index in [1.54, 1.807) is 0 Å². The predicted molar refractivity (Wildman–Crippen MR) is 141 cm³/mol. The Balaban J connectivity index is 1.37. The van der Waals surface area contributed by atoms with Crippen molar-refractivity contribution in [3.8, 4) is 5.75 Å². The lowest BCUT2D eigenvalue weighted by Gasteiger charge is -2.20. The van der Waals surface area contributed by atoms with Gasteiger partial charge in [-0.05, 0) is 53.8 Å². The first-order valence-corrected chi connectivity index (χ1v) is 12.6. The number of aryl methyl sites for hydroxylation is 1. The molecule has 1 aliphatic rings. The lowest BCUT2D eigenvalue weighted by Crippen LogP contribution is -2.25. The van der Waals surface area contributed by atoms with Crippen LogP contribution in [-0.2, 0) is 17.8 Å². The van der Waals surface area contributed by atoms with Gasteiger partial charge in [-0.2, -0.15) is 0 Å². The second-order valence-corrected chi connectivity index (χ2v) is 9.57. The van der Waals surface area contributed by atoms with E-state index in [0.29, 0.717) is 32.0 Å². The number of carbonyl (C=O) groups is 1. The molecule has 3 aromatic carbocycles. The molecule has 0 aliphatic carbocycles. The van der Waals surface area contributed by atoms with Crippen LogP contribution in [-0.4, -0.2) is 28.6 Å². The zero-order chi connectivity index (χ0) is 24.4. The van der Waals surface area contributed by atoms with Gasteiger partial charge in [0.2, 0.25) is 5.91 Å². The summed E-state index contributed by atoms with van der Waals surface area (Å²) < 4.78 is 8.34. The number of fused-ring (bicyclic) bond motifs is 1. The molecule has 1 amide bonds. The third kappa shape index (κ3) is 4.68. The molecule has 2 heterocycles. The van der Waals surface area contributed by atoms with E-state index >= 15 is 0 Å². The number of amides is 1. The number of aromatic nitrogens is 2. The number of hydrogen-bond donors (Lipinski definition) is 0. The van der Waals surface area contributed by atoms with Gasteiger partial charge in [-0.3, -0.25) is 4.79 Å². The quantitative estimate of drug-likeness (QED) is 0.305. The van der Waals surface area contributed by atoms with Gasteiger partial charge in [-0.25, -0.2) is 4.98 Å². The molecule has 0 bridgehead atoms. The average Bonchev–Trinajstić information content (AvgIpc) is 3.44. The highest BCUT2D eigenvalue weighted by molar-refractivity contribution is 5.97. The predicted octanol–water partition coefficient (Wildman–Crippen LogP) is 6.32. The lowest BCUT2D eigenvalue weighted by molar-refractivity contribution is -0.117. The standard InChI is InChI=1S/C30H33N3O2/c1-4-22-9-5-7-11-27(22)33-20-24(19-29(33)34)30-31-26-10-6-8-12-28(26)32(30)17-18-35-25-15-13-23(14-16-25)21(2)3/h5-16,21,24H,4,17-20H2,1-3H3. The summed E-state index contributed by atoms with van der Waals surface area (Å²) in [4.78, 5) is 20.0. The monoisotopic (exact) mass is 467 g/mol. The van der Waals surface area contributed by atoms with Crippen molar-refractivity contribution < 1.29 is 9.53 Å². The zero-order valence-corrected chi connectivity index (χ0v) is 20.8. The first-order chi connectivity index (χ1) is 17.0. The van der Waals surface area contributed by atoms with E-state index in [2.05, 4.69) is 55.7 Å². The molecule has 0 radical (unpaired) electrons. The summed E-state index contributed by atoms with van der Waals surface area (Å²) >= 11 is 0. The smallest absolute Gasteiger partial charge is 0.227 e. The normalized spacial score (nSPS) is 15.9. The fourth-order valence-corrected chi connectivity index (χ4v) is 5.03. The van der Waals surface area contributed by atoms with Crippen LogP contribution in [0.1, 0.15) is 56.0 Å². The van der Waals surface area contributed by atoms with Crippen molar-refractivity contribution >= 4 is 22.6 Å². The minimum atomic E-state index is 0.0464. The van der Waals surface area contributed by atoms with Gasteiger partial charge in [0.25, 0.3) is 0 Å². The van der Waals surface area contributed by atoms with Gasteiger partial charge in [0.1, 0.15) is 18.2 Å². The molecule has 0 N–H and O–H groups in total. The summed E-state index contributed by atoms with van der Waals surface area (Å²) in [6.45, 7) is 8.38. The Hall–Kier alpha value is -3.60. The molecule has 180 valence electrons. The maximum atomic E-state index is 13.1. The van der Waals surface area contributed by atoms with Gasteiger partial charge in [0.05, 0.1) is 17.6 Å². The Labute approximate surface area is 207 Å². The van der Waals surface area contributed by atoms with Gasteiger partial charge < -0.3 is 14.2 Å². The minimum absolute atomic E-state index is 0.0464. The van der Waals surface area contributed by atoms with Crippen LogP contribution in [0.4, 0.5) is 5.69 Å². The fraction of sp³-hybridized carbons (Fsp3) is 0.333. The van der Waals surface area contributed by atoms with E-state index in [-0.39, 0.29) is 11.8 Å². The van der Waals surface area contributed by atoms with E-state index in [1.165, 1.54) is 11.1 Å². The molecule has 5 nitrogen and oxygen atoms in total. The minimum Gasteiger partial charge on any atom is -0.492 e. The number of para-hydroxylation sites is 3. The van der Waals surface area contributed by atoms with Crippen molar-refractivity contribution in [2.75, 3.05) is 18.1 Å². The number of anilines is 1. The van der Waals surface area contributed by atoms with E-state index in [4.69, 9.17) is 9.72 Å². The molecule has 4 aromatic rings. The van der Waals surface area contributed by atoms with Crippen LogP contribution in [0, 0.1) is 0 Å². The lowest BCUT2D eigenvalue weighted by atomic mass is 10.0. The molecule has 1 unspecified atom stereocenters. The SMILES string of the molecule is CCc1ccccc1N1CC(c2nc3ccccc3n2CCOc2ccc(C(C)C)cc2)CC1=O. The molecule has 0 saturated carbocycles. The summed E-state index contributed by atoms with van der Waals surface area (Å²) in [6.07, 6.45) is 1.37. The highest BCUT2D eigenvalue weighted by Gasteiger charge is 2.35. The molecule has 1 fully saturated rings. The number of hydrogen-bond acceptors (Lipinski definition) is 3. The second-order valence-electron chi connectivity index (χ2n) is 9.57. The molecular weight excluding hydrogens is 434 g/mol. The van der Waals surface area contributed by atoms with Crippen molar-refractivity contribution in [1.82, 2.24) is 9.55 Å². The summed E-state index contributed by atoms with van der Waals surface area (Å²) in [5.74, 6) is 2.55. The fourth-order valence-electron chi connectivity index (χ4n) is 5.03. The molecule has 1 atom stereocenters. The highest BCUT2D eigenvalue weighted by Crippen LogP contribution is 2.34. The van der Waals surface area contributed by atoms with E-state index in [0.717, 1.165) is 34.7 Å². The number of rotatable bonds is 8. The van der Waals surface area contributed by atoms with Crippen LogP contribution in [0.15, 0.2) is 72.8 Å². The van der Waals surface area contributed by atoms with Gasteiger partial charge in [-0.1, -0.05) is 63.2 Å². The Kier molecular flexibility index (Phi) is 6.58. The molecule has 5 heteroatoms. The summed E-state index contributed by atoms with van der Waals surface area (Å²) in [6, 6.07) is 24.8. The van der Waals surface area contributed by atoms with Gasteiger partial charge >= 0.3 is 0 Å². The first kappa shape index (κ1) is 23.2. The van der Waals surface area contributed by atoms with Crippen LogP contribution in [0.5, 0.6) is 5.75 Å². The van der Waals surface area contributed by atoms with E-state index in [1.807, 2.05) is 47.4 Å². The van der Waals surface area contributed by atoms with Gasteiger partial charge in [-0.15, -0.1) is 0 Å². The Bertz CT molecular complexity index is 1320. The molecule has 1 saturated heterocycles. The van der Waals surface area contributed by atoms with Crippen molar-refractivity contribution in [2.45, 2.75) is 52.0 Å². The molecule has 0 spiro atoms. The molecule has 1 aromatic heterocycles. The Morgan fingerprint density at radius 2 is 1.74 bits per heavy atom. The summed E-state index contributed by atoms with van der Waals surface area (Å²) in [7, 11) is 0. The molecular formula is C30H33N3O2. The van der Waals surface area contributed by atoms with Crippen LogP contribution in [0.25, 0.3) is 11.0 Å². The average molecular weight is 468 g/mol. The van der Waals surface area contributed by atoms with Crippen molar-refractivity contribution in [2.24, 2.45) is 0 Å². The number of imidazole rings is 1. The van der Waals surface area contributed by atoms with Crippen molar-refractivity contribution in [3.05, 3.63) is 89.7 Å². The van der Waals surface area contributed by atoms with Gasteiger partial charge in [0, 0.05) is 24.6 Å².